The molecule has 4 heterocycles. The summed E-state index contributed by atoms with van der Waals surface area (Å²) in [4.78, 5) is 33.2. The third-order valence-electron chi connectivity index (χ3n) is 5.47. The van der Waals surface area contributed by atoms with Crippen molar-refractivity contribution in [2.45, 2.75) is 12.6 Å². The summed E-state index contributed by atoms with van der Waals surface area (Å²) in [6.45, 7) is 0.218. The van der Waals surface area contributed by atoms with Gasteiger partial charge in [0.2, 0.25) is 0 Å². The molecule has 1 aromatic carbocycles. The van der Waals surface area contributed by atoms with Crippen molar-refractivity contribution in [1.29, 1.82) is 5.26 Å². The number of nitriles is 1. The number of ether oxygens (including phenoxy) is 1. The highest BCUT2D eigenvalue weighted by atomic mass is 32.1. The molecule has 156 valence electrons. The molecule has 0 fully saturated rings. The molecule has 7 nitrogen and oxygen atoms in total. The standard InChI is InChI=1S/C21H14F2N4O3S/c1-27(21(29)15-5-18-14(25-15)2-9(6-24)31-18)17-8-30-7-16-19(17)10-3-12(22)13(23)4-11(10)20(28)26-16/h2-5,17,25H,7-8H2,1H3,(H,26,28)/t17-/m1/s1. The fourth-order valence-corrected chi connectivity index (χ4v) is 4.83. The minimum atomic E-state index is -1.12. The number of rotatable bonds is 2. The number of aromatic amines is 2. The van der Waals surface area contributed by atoms with E-state index < -0.39 is 23.2 Å². The zero-order valence-corrected chi connectivity index (χ0v) is 16.9. The van der Waals surface area contributed by atoms with Crippen molar-refractivity contribution in [1.82, 2.24) is 14.9 Å². The molecule has 1 aliphatic heterocycles. The second-order valence-corrected chi connectivity index (χ2v) is 8.37. The molecule has 1 amide bonds. The average molecular weight is 440 g/mol. The molecule has 0 spiro atoms. The second-order valence-electron chi connectivity index (χ2n) is 7.29. The molecule has 2 N–H and O–H groups in total. The number of hydrogen-bond donors (Lipinski definition) is 2. The fraction of sp³-hybridized carbons (Fsp3) is 0.190. The van der Waals surface area contributed by atoms with Gasteiger partial charge in [-0.3, -0.25) is 9.59 Å². The number of carbonyl (C=O) groups is 1. The van der Waals surface area contributed by atoms with Gasteiger partial charge >= 0.3 is 0 Å². The van der Waals surface area contributed by atoms with Crippen molar-refractivity contribution in [3.8, 4) is 6.07 Å². The van der Waals surface area contributed by atoms with Crippen LogP contribution in [0.15, 0.2) is 29.1 Å². The topological polar surface area (TPSA) is 102 Å². The van der Waals surface area contributed by atoms with E-state index in [1.807, 2.05) is 0 Å². The van der Waals surface area contributed by atoms with Gasteiger partial charge in [0, 0.05) is 18.3 Å². The number of amides is 1. The second kappa shape index (κ2) is 7.01. The number of nitrogens with zero attached hydrogens (tertiary/aromatic N) is 2. The lowest BCUT2D eigenvalue weighted by molar-refractivity contribution is 0.0333. The molecule has 0 saturated heterocycles. The number of likely N-dealkylation sites (N-methyl/N-ethyl adjacent to an activating group) is 1. The van der Waals surface area contributed by atoms with Gasteiger partial charge in [-0.05, 0) is 29.7 Å². The highest BCUT2D eigenvalue weighted by Crippen LogP contribution is 2.35. The first-order chi connectivity index (χ1) is 14.9. The predicted octanol–water partition coefficient (Wildman–Crippen LogP) is 3.56. The van der Waals surface area contributed by atoms with Crippen molar-refractivity contribution >= 4 is 38.2 Å². The van der Waals surface area contributed by atoms with Crippen LogP contribution in [0.4, 0.5) is 8.78 Å². The molecule has 0 unspecified atom stereocenters. The molecule has 3 aromatic heterocycles. The number of nitrogens with one attached hydrogen (secondary N) is 2. The van der Waals surface area contributed by atoms with Gasteiger partial charge in [0.15, 0.2) is 11.6 Å². The number of benzene rings is 1. The number of thiophene rings is 1. The lowest BCUT2D eigenvalue weighted by atomic mass is 9.95. The number of halogens is 2. The minimum Gasteiger partial charge on any atom is -0.373 e. The first-order valence-electron chi connectivity index (χ1n) is 9.28. The average Bonchev–Trinajstić information content (AvgIpc) is 3.32. The van der Waals surface area contributed by atoms with E-state index in [2.05, 4.69) is 16.0 Å². The quantitative estimate of drug-likeness (QED) is 0.498. The molecule has 0 bridgehead atoms. The van der Waals surface area contributed by atoms with E-state index in [4.69, 9.17) is 10.00 Å². The molecule has 0 radical (unpaired) electrons. The van der Waals surface area contributed by atoms with Crippen LogP contribution >= 0.6 is 11.3 Å². The smallest absolute Gasteiger partial charge is 0.270 e. The van der Waals surface area contributed by atoms with E-state index in [1.165, 1.54) is 16.2 Å². The van der Waals surface area contributed by atoms with Crippen LogP contribution < -0.4 is 5.56 Å². The summed E-state index contributed by atoms with van der Waals surface area (Å²) in [5.74, 6) is -2.53. The van der Waals surface area contributed by atoms with Crippen LogP contribution in [0.2, 0.25) is 0 Å². The van der Waals surface area contributed by atoms with Gasteiger partial charge in [0.25, 0.3) is 11.5 Å². The zero-order valence-electron chi connectivity index (χ0n) is 16.1. The first kappa shape index (κ1) is 19.4. The van der Waals surface area contributed by atoms with Crippen LogP contribution in [-0.4, -0.2) is 34.4 Å². The van der Waals surface area contributed by atoms with E-state index in [1.54, 1.807) is 19.2 Å². The molecule has 1 aliphatic rings. The Hall–Kier alpha value is -3.55. The minimum absolute atomic E-state index is 0.00909. The Balaban J connectivity index is 1.59. The summed E-state index contributed by atoms with van der Waals surface area (Å²) in [7, 11) is 1.58. The number of fused-ring (bicyclic) bond motifs is 4. The maximum Gasteiger partial charge on any atom is 0.270 e. The Bertz CT molecular complexity index is 1450. The SMILES string of the molecule is CN(C(=O)c1cc2sc(C#N)cc2[nH]1)[C@@H]1COCc2[nH]c(=O)c3cc(F)c(F)cc3c21. The Morgan fingerprint density at radius 3 is 2.68 bits per heavy atom. The van der Waals surface area contributed by atoms with Crippen LogP contribution in [0.1, 0.15) is 32.7 Å². The number of aromatic nitrogens is 2. The van der Waals surface area contributed by atoms with E-state index >= 15 is 0 Å². The number of pyridine rings is 1. The van der Waals surface area contributed by atoms with Crippen molar-refractivity contribution in [3.05, 3.63) is 68.1 Å². The summed E-state index contributed by atoms with van der Waals surface area (Å²) in [6, 6.07) is 6.64. The normalized spacial score (nSPS) is 15.7. The Morgan fingerprint density at radius 2 is 1.97 bits per heavy atom. The summed E-state index contributed by atoms with van der Waals surface area (Å²) in [5.41, 5.74) is 1.40. The van der Waals surface area contributed by atoms with Gasteiger partial charge in [-0.2, -0.15) is 5.26 Å². The summed E-state index contributed by atoms with van der Waals surface area (Å²) < 4.78 is 34.1. The van der Waals surface area contributed by atoms with Gasteiger partial charge in [0.1, 0.15) is 16.6 Å². The maximum absolute atomic E-state index is 14.0. The number of hydrogen-bond acceptors (Lipinski definition) is 5. The lowest BCUT2D eigenvalue weighted by Gasteiger charge is -2.33. The third kappa shape index (κ3) is 3.01. The van der Waals surface area contributed by atoms with E-state index in [-0.39, 0.29) is 29.9 Å². The van der Waals surface area contributed by atoms with Crippen molar-refractivity contribution < 1.29 is 18.3 Å². The van der Waals surface area contributed by atoms with Crippen LogP contribution in [-0.2, 0) is 11.3 Å². The summed E-state index contributed by atoms with van der Waals surface area (Å²) in [5, 5.41) is 9.27. The first-order valence-corrected chi connectivity index (χ1v) is 10.1. The van der Waals surface area contributed by atoms with E-state index in [0.29, 0.717) is 27.3 Å². The molecular weight excluding hydrogens is 426 g/mol. The van der Waals surface area contributed by atoms with Gasteiger partial charge in [-0.25, -0.2) is 8.78 Å². The van der Waals surface area contributed by atoms with Gasteiger partial charge < -0.3 is 19.6 Å². The summed E-state index contributed by atoms with van der Waals surface area (Å²) in [6.07, 6.45) is 0. The summed E-state index contributed by atoms with van der Waals surface area (Å²) >= 11 is 1.27. The van der Waals surface area contributed by atoms with Gasteiger partial charge in [-0.1, -0.05) is 0 Å². The van der Waals surface area contributed by atoms with Crippen molar-refractivity contribution in [2.75, 3.05) is 13.7 Å². The highest BCUT2D eigenvalue weighted by Gasteiger charge is 2.32. The zero-order chi connectivity index (χ0) is 21.9. The van der Waals surface area contributed by atoms with E-state index in [9.17, 15) is 18.4 Å². The maximum atomic E-state index is 14.0. The Kier molecular flexibility index (Phi) is 4.39. The number of carbonyl (C=O) groups excluding carboxylic acids is 1. The molecule has 0 aliphatic carbocycles. The van der Waals surface area contributed by atoms with Gasteiger partial charge in [-0.15, -0.1) is 11.3 Å². The Morgan fingerprint density at radius 1 is 1.23 bits per heavy atom. The molecule has 10 heteroatoms. The van der Waals surface area contributed by atoms with Crippen LogP contribution in [0, 0.1) is 23.0 Å². The molecule has 1 atom stereocenters. The van der Waals surface area contributed by atoms with Crippen LogP contribution in [0.25, 0.3) is 21.0 Å². The highest BCUT2D eigenvalue weighted by molar-refractivity contribution is 7.19. The van der Waals surface area contributed by atoms with Crippen LogP contribution in [0.3, 0.4) is 0 Å². The van der Waals surface area contributed by atoms with Gasteiger partial charge in [0.05, 0.1) is 34.9 Å². The fourth-order valence-electron chi connectivity index (χ4n) is 3.97. The van der Waals surface area contributed by atoms with Crippen LogP contribution in [0.5, 0.6) is 0 Å². The van der Waals surface area contributed by atoms with Crippen molar-refractivity contribution in [2.24, 2.45) is 0 Å². The van der Waals surface area contributed by atoms with Crippen molar-refractivity contribution in [3.63, 3.8) is 0 Å². The van der Waals surface area contributed by atoms with E-state index in [0.717, 1.165) is 16.8 Å². The molecule has 0 saturated carbocycles. The predicted molar refractivity (Wildman–Crippen MR) is 110 cm³/mol. The molecule has 31 heavy (non-hydrogen) atoms. The third-order valence-corrected chi connectivity index (χ3v) is 6.46. The largest absolute Gasteiger partial charge is 0.373 e. The Labute approximate surface area is 177 Å². The molecule has 4 aromatic rings. The molecule has 5 rings (SSSR count). The lowest BCUT2D eigenvalue weighted by Crippen LogP contribution is -2.37. The monoisotopic (exact) mass is 440 g/mol. The number of H-pyrrole nitrogens is 2. The molecular formula is C21H14F2N4O3S.